The molecule has 1 aromatic carbocycles. The fraction of sp³-hybridized carbons (Fsp3) is 0.619. The van der Waals surface area contributed by atoms with Gasteiger partial charge in [-0.2, -0.15) is 0 Å². The van der Waals surface area contributed by atoms with Crippen molar-refractivity contribution < 1.29 is 9.21 Å². The van der Waals surface area contributed by atoms with Gasteiger partial charge in [0.2, 0.25) is 5.91 Å². The van der Waals surface area contributed by atoms with Crippen LogP contribution in [0.1, 0.15) is 50.5 Å². The van der Waals surface area contributed by atoms with Crippen molar-refractivity contribution >= 4 is 17.0 Å². The van der Waals surface area contributed by atoms with Crippen LogP contribution in [-0.2, 0) is 4.79 Å². The number of para-hydroxylation sites is 1. The van der Waals surface area contributed by atoms with E-state index in [0.717, 1.165) is 74.6 Å². The first-order chi connectivity index (χ1) is 13.1. The van der Waals surface area contributed by atoms with Crippen molar-refractivity contribution in [1.29, 1.82) is 0 Å². The molecule has 4 rings (SSSR count). The minimum Gasteiger partial charge on any atom is -0.408 e. The van der Waals surface area contributed by atoms with Crippen LogP contribution in [0.25, 0.3) is 11.1 Å². The van der Waals surface area contributed by atoms with Gasteiger partial charge in [0.25, 0.3) is 0 Å². The van der Waals surface area contributed by atoms with Crippen LogP contribution in [0.5, 0.6) is 0 Å². The number of oxazole rings is 1. The molecule has 2 aliphatic rings. The molecule has 2 fully saturated rings. The number of hydrogen-bond donors (Lipinski definition) is 1. The lowest BCUT2D eigenvalue weighted by Gasteiger charge is -2.35. The van der Waals surface area contributed by atoms with Gasteiger partial charge >= 0.3 is 5.76 Å². The maximum atomic E-state index is 11.6. The van der Waals surface area contributed by atoms with Gasteiger partial charge in [0.15, 0.2) is 5.58 Å². The van der Waals surface area contributed by atoms with Crippen LogP contribution in [0.3, 0.4) is 0 Å². The standard InChI is InChI=1S/C21H29N3O3/c1-15(25)24-12-8-16(9-13-24)7-11-23-10-3-4-17(14-23)18-5-2-6-19-20(18)27-21(26)22-19/h2,5-6,16-17H,3-4,7-14H2,1H3,(H,22,26). The van der Waals surface area contributed by atoms with Gasteiger partial charge in [-0.05, 0) is 57.2 Å². The molecule has 1 aromatic heterocycles. The molecule has 0 spiro atoms. The van der Waals surface area contributed by atoms with Gasteiger partial charge in [0, 0.05) is 38.0 Å². The highest BCUT2D eigenvalue weighted by Gasteiger charge is 2.26. The van der Waals surface area contributed by atoms with Gasteiger partial charge in [-0.1, -0.05) is 12.1 Å². The number of carbonyl (C=O) groups is 1. The third-order valence-electron chi connectivity index (χ3n) is 6.34. The van der Waals surface area contributed by atoms with E-state index >= 15 is 0 Å². The van der Waals surface area contributed by atoms with Gasteiger partial charge in [-0.25, -0.2) is 4.79 Å². The molecule has 1 atom stereocenters. The second kappa shape index (κ2) is 7.89. The zero-order chi connectivity index (χ0) is 18.8. The van der Waals surface area contributed by atoms with Gasteiger partial charge in [-0.15, -0.1) is 0 Å². The lowest BCUT2D eigenvalue weighted by molar-refractivity contribution is -0.130. The molecule has 1 amide bonds. The molecular formula is C21H29N3O3. The minimum atomic E-state index is -0.373. The molecule has 1 N–H and O–H groups in total. The molecule has 0 saturated carbocycles. The molecule has 2 aromatic rings. The Morgan fingerprint density at radius 1 is 1.22 bits per heavy atom. The largest absolute Gasteiger partial charge is 0.417 e. The maximum absolute atomic E-state index is 11.6. The van der Waals surface area contributed by atoms with E-state index in [-0.39, 0.29) is 11.7 Å². The average Bonchev–Trinajstić information content (AvgIpc) is 3.07. The SMILES string of the molecule is CC(=O)N1CCC(CCN2CCCC(c3cccc4[nH]c(=O)oc34)C2)CC1. The predicted octanol–water partition coefficient (Wildman–Crippen LogP) is 2.95. The van der Waals surface area contributed by atoms with E-state index in [1.807, 2.05) is 17.0 Å². The summed E-state index contributed by atoms with van der Waals surface area (Å²) in [4.78, 5) is 30.3. The highest BCUT2D eigenvalue weighted by atomic mass is 16.4. The Balaban J connectivity index is 1.34. The van der Waals surface area contributed by atoms with Crippen molar-refractivity contribution in [1.82, 2.24) is 14.8 Å². The quantitative estimate of drug-likeness (QED) is 0.897. The Labute approximate surface area is 159 Å². The van der Waals surface area contributed by atoms with Crippen LogP contribution < -0.4 is 5.76 Å². The van der Waals surface area contributed by atoms with Crippen molar-refractivity contribution in [3.63, 3.8) is 0 Å². The third kappa shape index (κ3) is 4.10. The fourth-order valence-corrected chi connectivity index (χ4v) is 4.73. The first-order valence-electron chi connectivity index (χ1n) is 10.2. The predicted molar refractivity (Wildman–Crippen MR) is 105 cm³/mol. The molecule has 2 aliphatic heterocycles. The number of hydrogen-bond acceptors (Lipinski definition) is 4. The van der Waals surface area contributed by atoms with Crippen LogP contribution in [0.15, 0.2) is 27.4 Å². The fourth-order valence-electron chi connectivity index (χ4n) is 4.73. The number of piperidine rings is 2. The summed E-state index contributed by atoms with van der Waals surface area (Å²) in [5.74, 6) is 0.980. The van der Waals surface area contributed by atoms with E-state index in [4.69, 9.17) is 4.42 Å². The number of H-pyrrole nitrogens is 1. The lowest BCUT2D eigenvalue weighted by atomic mass is 9.89. The van der Waals surface area contributed by atoms with E-state index in [2.05, 4.69) is 16.0 Å². The average molecular weight is 371 g/mol. The molecular weight excluding hydrogens is 342 g/mol. The molecule has 1 unspecified atom stereocenters. The smallest absolute Gasteiger partial charge is 0.408 e. The summed E-state index contributed by atoms with van der Waals surface area (Å²) >= 11 is 0. The number of benzene rings is 1. The molecule has 0 bridgehead atoms. The number of aromatic amines is 1. The minimum absolute atomic E-state index is 0.206. The summed E-state index contributed by atoms with van der Waals surface area (Å²) in [6, 6.07) is 6.01. The third-order valence-corrected chi connectivity index (χ3v) is 6.34. The summed E-state index contributed by atoms with van der Waals surface area (Å²) in [5.41, 5.74) is 2.68. The van der Waals surface area contributed by atoms with Crippen molar-refractivity contribution in [2.24, 2.45) is 5.92 Å². The molecule has 2 saturated heterocycles. The van der Waals surface area contributed by atoms with E-state index < -0.39 is 0 Å². The second-order valence-electron chi connectivity index (χ2n) is 8.12. The number of amides is 1. The zero-order valence-electron chi connectivity index (χ0n) is 16.1. The number of nitrogens with zero attached hydrogens (tertiary/aromatic N) is 2. The van der Waals surface area contributed by atoms with Crippen LogP contribution in [0.4, 0.5) is 0 Å². The molecule has 0 aliphatic carbocycles. The molecule has 146 valence electrons. The summed E-state index contributed by atoms with van der Waals surface area (Å²) in [6.07, 6.45) is 5.79. The van der Waals surface area contributed by atoms with Crippen LogP contribution in [-0.4, -0.2) is 53.4 Å². The monoisotopic (exact) mass is 371 g/mol. The van der Waals surface area contributed by atoms with E-state index in [1.54, 1.807) is 6.92 Å². The summed E-state index contributed by atoms with van der Waals surface area (Å²) < 4.78 is 5.41. The van der Waals surface area contributed by atoms with Gasteiger partial charge in [0.05, 0.1) is 5.52 Å². The number of nitrogens with one attached hydrogen (secondary N) is 1. The Kier molecular flexibility index (Phi) is 5.34. The number of rotatable bonds is 4. The number of fused-ring (bicyclic) bond motifs is 1. The van der Waals surface area contributed by atoms with Crippen molar-refractivity contribution in [3.8, 4) is 0 Å². The highest BCUT2D eigenvalue weighted by Crippen LogP contribution is 2.32. The van der Waals surface area contributed by atoms with Gasteiger partial charge < -0.3 is 14.2 Å². The van der Waals surface area contributed by atoms with Crippen molar-refractivity contribution in [2.45, 2.75) is 44.9 Å². The molecule has 0 radical (unpaired) electrons. The maximum Gasteiger partial charge on any atom is 0.417 e. The molecule has 3 heterocycles. The summed E-state index contributed by atoms with van der Waals surface area (Å²) in [7, 11) is 0. The number of carbonyl (C=O) groups excluding carboxylic acids is 1. The van der Waals surface area contributed by atoms with Gasteiger partial charge in [-0.3, -0.25) is 9.78 Å². The first kappa shape index (κ1) is 18.3. The number of aromatic nitrogens is 1. The Bertz CT molecular complexity index is 848. The van der Waals surface area contributed by atoms with E-state index in [9.17, 15) is 9.59 Å². The van der Waals surface area contributed by atoms with Crippen LogP contribution in [0.2, 0.25) is 0 Å². The zero-order valence-corrected chi connectivity index (χ0v) is 16.1. The Hall–Kier alpha value is -2.08. The van der Waals surface area contributed by atoms with Crippen molar-refractivity contribution in [3.05, 3.63) is 34.3 Å². The normalized spacial score (nSPS) is 22.4. The molecule has 6 heteroatoms. The highest BCUT2D eigenvalue weighted by molar-refractivity contribution is 5.76. The second-order valence-corrected chi connectivity index (χ2v) is 8.12. The summed E-state index contributed by atoms with van der Waals surface area (Å²) in [5, 5.41) is 0. The number of likely N-dealkylation sites (tertiary alicyclic amines) is 2. The Morgan fingerprint density at radius 3 is 2.81 bits per heavy atom. The van der Waals surface area contributed by atoms with Crippen LogP contribution in [0, 0.1) is 5.92 Å². The van der Waals surface area contributed by atoms with E-state index in [1.165, 1.54) is 12.8 Å². The molecule has 27 heavy (non-hydrogen) atoms. The molecule has 6 nitrogen and oxygen atoms in total. The topological polar surface area (TPSA) is 69.6 Å². The van der Waals surface area contributed by atoms with Crippen LogP contribution >= 0.6 is 0 Å². The first-order valence-corrected chi connectivity index (χ1v) is 10.2. The lowest BCUT2D eigenvalue weighted by Crippen LogP contribution is -2.39. The van der Waals surface area contributed by atoms with Gasteiger partial charge in [0.1, 0.15) is 0 Å². The van der Waals surface area contributed by atoms with Crippen molar-refractivity contribution in [2.75, 3.05) is 32.7 Å². The van der Waals surface area contributed by atoms with E-state index in [0.29, 0.717) is 5.92 Å². The Morgan fingerprint density at radius 2 is 2.04 bits per heavy atom. The summed E-state index contributed by atoms with van der Waals surface area (Å²) in [6.45, 7) is 6.79.